The Morgan fingerprint density at radius 1 is 1.13 bits per heavy atom. The SMILES string of the molecule is C=CCOc1ccc(/C=N/NS(=O)(=O)c2ccc(C)cc2)cc1. The van der Waals surface area contributed by atoms with Crippen molar-refractivity contribution in [2.45, 2.75) is 11.8 Å². The lowest BCUT2D eigenvalue weighted by Gasteiger charge is -2.04. The highest BCUT2D eigenvalue weighted by molar-refractivity contribution is 7.89. The standard InChI is InChI=1S/C17H18N2O3S/c1-3-12-22-16-8-6-15(7-9-16)13-18-19-23(20,21)17-10-4-14(2)5-11-17/h3-11,13,19H,1,12H2,2H3/b18-13+. The maximum atomic E-state index is 12.1. The van der Waals surface area contributed by atoms with Crippen LogP contribution in [0, 0.1) is 6.92 Å². The van der Waals surface area contributed by atoms with Gasteiger partial charge in [0.25, 0.3) is 10.0 Å². The van der Waals surface area contributed by atoms with Crippen LogP contribution in [0.3, 0.4) is 0 Å². The van der Waals surface area contributed by atoms with Crippen molar-refractivity contribution in [3.8, 4) is 5.75 Å². The Bertz CT molecular complexity index is 780. The molecule has 0 aliphatic carbocycles. The van der Waals surface area contributed by atoms with Crippen molar-refractivity contribution in [1.29, 1.82) is 0 Å². The molecule has 5 nitrogen and oxygen atoms in total. The molecule has 0 saturated carbocycles. The predicted molar refractivity (Wildman–Crippen MR) is 91.2 cm³/mol. The van der Waals surface area contributed by atoms with Crippen molar-refractivity contribution in [3.63, 3.8) is 0 Å². The summed E-state index contributed by atoms with van der Waals surface area (Å²) in [5.41, 5.74) is 1.74. The van der Waals surface area contributed by atoms with Crippen molar-refractivity contribution in [2.75, 3.05) is 6.61 Å². The van der Waals surface area contributed by atoms with Crippen molar-refractivity contribution in [1.82, 2.24) is 4.83 Å². The molecular formula is C17H18N2O3S. The van der Waals surface area contributed by atoms with Crippen LogP contribution in [0.25, 0.3) is 0 Å². The third-order valence-electron chi connectivity index (χ3n) is 2.97. The molecule has 0 amide bonds. The number of rotatable bonds is 7. The van der Waals surface area contributed by atoms with E-state index < -0.39 is 10.0 Å². The molecule has 1 N–H and O–H groups in total. The molecule has 2 aromatic carbocycles. The molecule has 6 heteroatoms. The molecule has 0 fully saturated rings. The van der Waals surface area contributed by atoms with Crippen LogP contribution < -0.4 is 9.57 Å². The highest BCUT2D eigenvalue weighted by Gasteiger charge is 2.11. The second-order valence-electron chi connectivity index (χ2n) is 4.83. The van der Waals surface area contributed by atoms with Crippen LogP contribution in [0.15, 0.2) is 71.2 Å². The van der Waals surface area contributed by atoms with Gasteiger partial charge in [0.2, 0.25) is 0 Å². The summed E-state index contributed by atoms with van der Waals surface area (Å²) >= 11 is 0. The van der Waals surface area contributed by atoms with Gasteiger partial charge in [-0.2, -0.15) is 13.5 Å². The Morgan fingerprint density at radius 2 is 1.78 bits per heavy atom. The molecule has 0 aliphatic heterocycles. The molecule has 0 bridgehead atoms. The van der Waals surface area contributed by atoms with Crippen LogP contribution in [0.2, 0.25) is 0 Å². The van der Waals surface area contributed by atoms with E-state index in [4.69, 9.17) is 4.74 Å². The molecule has 120 valence electrons. The molecule has 2 aromatic rings. The minimum absolute atomic E-state index is 0.174. The number of aryl methyl sites for hydroxylation is 1. The zero-order valence-electron chi connectivity index (χ0n) is 12.8. The number of hydrogen-bond donors (Lipinski definition) is 1. The zero-order chi connectivity index (χ0) is 16.7. The van der Waals surface area contributed by atoms with Gasteiger partial charge in [-0.15, -0.1) is 0 Å². The van der Waals surface area contributed by atoms with E-state index in [-0.39, 0.29) is 4.90 Å². The van der Waals surface area contributed by atoms with Crippen LogP contribution >= 0.6 is 0 Å². The molecule has 0 saturated heterocycles. The van der Waals surface area contributed by atoms with E-state index >= 15 is 0 Å². The maximum absolute atomic E-state index is 12.1. The first-order valence-corrected chi connectivity index (χ1v) is 8.45. The van der Waals surface area contributed by atoms with E-state index in [9.17, 15) is 8.42 Å². The minimum atomic E-state index is -3.65. The van der Waals surface area contributed by atoms with Crippen LogP contribution in [-0.2, 0) is 10.0 Å². The highest BCUT2D eigenvalue weighted by Crippen LogP contribution is 2.12. The molecule has 23 heavy (non-hydrogen) atoms. The van der Waals surface area contributed by atoms with Crippen LogP contribution in [0.1, 0.15) is 11.1 Å². The van der Waals surface area contributed by atoms with Gasteiger partial charge in [-0.3, -0.25) is 0 Å². The molecule has 0 unspecified atom stereocenters. The Balaban J connectivity index is 2.00. The van der Waals surface area contributed by atoms with Gasteiger partial charge < -0.3 is 4.74 Å². The van der Waals surface area contributed by atoms with E-state index in [2.05, 4.69) is 16.5 Å². The highest BCUT2D eigenvalue weighted by atomic mass is 32.2. The summed E-state index contributed by atoms with van der Waals surface area (Å²) in [5, 5.41) is 3.78. The predicted octanol–water partition coefficient (Wildman–Crippen LogP) is 2.87. The second kappa shape index (κ2) is 7.60. The first kappa shape index (κ1) is 16.8. The smallest absolute Gasteiger partial charge is 0.276 e. The fourth-order valence-corrected chi connectivity index (χ4v) is 2.54. The second-order valence-corrected chi connectivity index (χ2v) is 6.50. The normalized spacial score (nSPS) is 11.3. The van der Waals surface area contributed by atoms with E-state index in [1.165, 1.54) is 6.21 Å². The fourth-order valence-electron chi connectivity index (χ4n) is 1.75. The number of sulfonamides is 1. The lowest BCUT2D eigenvalue weighted by Crippen LogP contribution is -2.18. The number of nitrogens with one attached hydrogen (secondary N) is 1. The zero-order valence-corrected chi connectivity index (χ0v) is 13.6. The Morgan fingerprint density at radius 3 is 2.39 bits per heavy atom. The fraction of sp³-hybridized carbons (Fsp3) is 0.118. The summed E-state index contributed by atoms with van der Waals surface area (Å²) in [6.07, 6.45) is 3.10. The molecule has 0 aliphatic rings. The molecule has 2 rings (SSSR count). The minimum Gasteiger partial charge on any atom is -0.490 e. The van der Waals surface area contributed by atoms with Gasteiger partial charge in [0.1, 0.15) is 12.4 Å². The first-order chi connectivity index (χ1) is 11.0. The molecule has 0 heterocycles. The van der Waals surface area contributed by atoms with Crippen LogP contribution in [-0.4, -0.2) is 21.2 Å². The summed E-state index contributed by atoms with van der Waals surface area (Å²) in [5.74, 6) is 0.710. The van der Waals surface area contributed by atoms with E-state index in [1.54, 1.807) is 54.6 Å². The summed E-state index contributed by atoms with van der Waals surface area (Å²) in [6, 6.07) is 13.7. The van der Waals surface area contributed by atoms with Crippen molar-refractivity contribution < 1.29 is 13.2 Å². The van der Waals surface area contributed by atoms with Crippen molar-refractivity contribution in [3.05, 3.63) is 72.3 Å². The van der Waals surface area contributed by atoms with Gasteiger partial charge in [-0.1, -0.05) is 30.4 Å². The van der Waals surface area contributed by atoms with Crippen LogP contribution in [0.5, 0.6) is 5.75 Å². The molecular weight excluding hydrogens is 312 g/mol. The van der Waals surface area contributed by atoms with E-state index in [1.807, 2.05) is 6.92 Å². The maximum Gasteiger partial charge on any atom is 0.276 e. The lowest BCUT2D eigenvalue weighted by atomic mass is 10.2. The van der Waals surface area contributed by atoms with Gasteiger partial charge in [0, 0.05) is 0 Å². The van der Waals surface area contributed by atoms with Gasteiger partial charge >= 0.3 is 0 Å². The Labute approximate surface area is 136 Å². The summed E-state index contributed by atoms with van der Waals surface area (Å²) in [7, 11) is -3.65. The number of hydrazone groups is 1. The first-order valence-electron chi connectivity index (χ1n) is 6.96. The topological polar surface area (TPSA) is 67.8 Å². The third kappa shape index (κ3) is 4.96. The quantitative estimate of drug-likeness (QED) is 0.482. The van der Waals surface area contributed by atoms with Crippen molar-refractivity contribution in [2.24, 2.45) is 5.10 Å². The lowest BCUT2D eigenvalue weighted by molar-refractivity contribution is 0.363. The number of nitrogens with zero attached hydrogens (tertiary/aromatic N) is 1. The molecule has 0 atom stereocenters. The van der Waals surface area contributed by atoms with Gasteiger partial charge in [-0.05, 0) is 48.9 Å². The summed E-state index contributed by atoms with van der Waals surface area (Å²) in [6.45, 7) is 5.90. The van der Waals surface area contributed by atoms with E-state index in [0.717, 1.165) is 11.1 Å². The molecule has 0 radical (unpaired) electrons. The van der Waals surface area contributed by atoms with Gasteiger partial charge in [0.05, 0.1) is 11.1 Å². The average molecular weight is 330 g/mol. The summed E-state index contributed by atoms with van der Waals surface area (Å²) in [4.78, 5) is 2.36. The van der Waals surface area contributed by atoms with Gasteiger partial charge in [0.15, 0.2) is 0 Å². The van der Waals surface area contributed by atoms with E-state index in [0.29, 0.717) is 12.4 Å². The molecule has 0 aromatic heterocycles. The number of hydrogen-bond acceptors (Lipinski definition) is 4. The van der Waals surface area contributed by atoms with Crippen molar-refractivity contribution >= 4 is 16.2 Å². The van der Waals surface area contributed by atoms with Crippen LogP contribution in [0.4, 0.5) is 0 Å². The third-order valence-corrected chi connectivity index (χ3v) is 4.20. The average Bonchev–Trinajstić information content (AvgIpc) is 2.54. The number of benzene rings is 2. The Hall–Kier alpha value is -2.60. The molecule has 0 spiro atoms. The largest absolute Gasteiger partial charge is 0.490 e. The number of ether oxygens (including phenoxy) is 1. The van der Waals surface area contributed by atoms with Gasteiger partial charge in [-0.25, -0.2) is 4.83 Å². The summed E-state index contributed by atoms with van der Waals surface area (Å²) < 4.78 is 29.5. The Kier molecular flexibility index (Phi) is 5.54. The monoisotopic (exact) mass is 330 g/mol.